The second kappa shape index (κ2) is 9.78. The number of nitrogens with zero attached hydrogens (tertiary/aromatic N) is 3. The molecule has 0 fully saturated rings. The van der Waals surface area contributed by atoms with Crippen LogP contribution in [0.2, 0.25) is 0 Å². The first kappa shape index (κ1) is 22.0. The molecule has 0 aliphatic carbocycles. The maximum Gasteiger partial charge on any atom is 0.303 e. The Kier molecular flexibility index (Phi) is 7.42. The molecule has 1 N–H and O–H groups in total. The number of aromatic nitrogens is 4. The first-order chi connectivity index (χ1) is 13.7. The Bertz CT molecular complexity index is 937. The van der Waals surface area contributed by atoms with Gasteiger partial charge in [0, 0.05) is 20.8 Å². The molecule has 2 unspecified atom stereocenters. The zero-order chi connectivity index (χ0) is 21.6. The van der Waals surface area contributed by atoms with Gasteiger partial charge < -0.3 is 23.9 Å². The number of fused-ring (bicyclic) bond motifs is 1. The number of carbonyl (C=O) groups is 3. The van der Waals surface area contributed by atoms with Crippen molar-refractivity contribution < 1.29 is 33.3 Å². The van der Waals surface area contributed by atoms with Crippen molar-refractivity contribution in [3.63, 3.8) is 0 Å². The highest BCUT2D eigenvalue weighted by molar-refractivity contribution is 5.69. The normalized spacial score (nSPS) is 14.1. The summed E-state index contributed by atoms with van der Waals surface area (Å²) in [5, 5.41) is 0. The Hall–Kier alpha value is -3.28. The Morgan fingerprint density at radius 2 is 1.66 bits per heavy atom. The van der Waals surface area contributed by atoms with Gasteiger partial charge in [0.25, 0.3) is 5.56 Å². The molecule has 0 radical (unpaired) electrons. The van der Waals surface area contributed by atoms with Crippen molar-refractivity contribution in [2.45, 2.75) is 46.1 Å². The van der Waals surface area contributed by atoms with Gasteiger partial charge in [0.2, 0.25) is 0 Å². The minimum absolute atomic E-state index is 0.121. The topological polar surface area (TPSA) is 152 Å². The van der Waals surface area contributed by atoms with Crippen LogP contribution >= 0.6 is 0 Å². The monoisotopic (exact) mass is 410 g/mol. The van der Waals surface area contributed by atoms with Crippen LogP contribution in [0.3, 0.4) is 0 Å². The van der Waals surface area contributed by atoms with E-state index in [-0.39, 0.29) is 24.4 Å². The molecule has 29 heavy (non-hydrogen) atoms. The average Bonchev–Trinajstić information content (AvgIpc) is 3.07. The third kappa shape index (κ3) is 6.10. The molecule has 0 aromatic carbocycles. The standard InChI is InChI=1S/C17H22N4O8/c1-9(21-8-20-15-16(21)18-7-19-17(15)25)28-13(5-26-10(2)22)14(29-12(4)24)6-27-11(3)23/h7-9,13-14H,5-6H2,1-4H3,(H,18,19,25)/t9?,13-,14?/m1/s1. The molecule has 0 amide bonds. The maximum atomic E-state index is 11.8. The number of ether oxygens (including phenoxy) is 4. The molecule has 12 nitrogen and oxygen atoms in total. The molecule has 0 spiro atoms. The van der Waals surface area contributed by atoms with Gasteiger partial charge in [-0.2, -0.15) is 0 Å². The lowest BCUT2D eigenvalue weighted by Gasteiger charge is -2.29. The zero-order valence-corrected chi connectivity index (χ0v) is 16.4. The summed E-state index contributed by atoms with van der Waals surface area (Å²) >= 11 is 0. The van der Waals surface area contributed by atoms with Gasteiger partial charge in [-0.3, -0.25) is 23.7 Å². The predicted octanol–water partition coefficient (Wildman–Crippen LogP) is 0.0812. The third-order valence-electron chi connectivity index (χ3n) is 3.76. The van der Waals surface area contributed by atoms with Crippen LogP contribution in [-0.4, -0.2) is 62.8 Å². The van der Waals surface area contributed by atoms with Gasteiger partial charge in [-0.1, -0.05) is 0 Å². The summed E-state index contributed by atoms with van der Waals surface area (Å²) < 4.78 is 22.5. The summed E-state index contributed by atoms with van der Waals surface area (Å²) in [5.74, 6) is -1.78. The second-order valence-corrected chi connectivity index (χ2v) is 6.08. The van der Waals surface area contributed by atoms with E-state index in [1.165, 1.54) is 38.0 Å². The van der Waals surface area contributed by atoms with Gasteiger partial charge in [-0.15, -0.1) is 0 Å². The molecule has 0 saturated carbocycles. The molecule has 2 heterocycles. The van der Waals surface area contributed by atoms with Crippen molar-refractivity contribution in [3.8, 4) is 0 Å². The van der Waals surface area contributed by atoms with Gasteiger partial charge in [-0.05, 0) is 6.92 Å². The molecule has 0 aliphatic heterocycles. The number of esters is 3. The minimum Gasteiger partial charge on any atom is -0.463 e. The summed E-state index contributed by atoms with van der Waals surface area (Å²) in [6.07, 6.45) is -0.159. The summed E-state index contributed by atoms with van der Waals surface area (Å²) in [7, 11) is 0. The molecule has 0 bridgehead atoms. The van der Waals surface area contributed by atoms with Crippen molar-refractivity contribution in [2.24, 2.45) is 0 Å². The van der Waals surface area contributed by atoms with Crippen molar-refractivity contribution in [1.82, 2.24) is 19.5 Å². The number of nitrogens with one attached hydrogen (secondary N) is 1. The molecule has 2 rings (SSSR count). The lowest BCUT2D eigenvalue weighted by Crippen LogP contribution is -2.42. The predicted molar refractivity (Wildman–Crippen MR) is 96.6 cm³/mol. The second-order valence-electron chi connectivity index (χ2n) is 6.08. The van der Waals surface area contributed by atoms with E-state index in [1.807, 2.05) is 0 Å². The van der Waals surface area contributed by atoms with Crippen LogP contribution in [0.15, 0.2) is 17.4 Å². The van der Waals surface area contributed by atoms with Crippen LogP contribution in [0.5, 0.6) is 0 Å². The van der Waals surface area contributed by atoms with Gasteiger partial charge in [0.05, 0.1) is 12.7 Å². The Labute approximate surface area is 165 Å². The number of imidazole rings is 1. The number of hydrogen-bond acceptors (Lipinski definition) is 10. The smallest absolute Gasteiger partial charge is 0.303 e. The van der Waals surface area contributed by atoms with Gasteiger partial charge >= 0.3 is 17.9 Å². The fourth-order valence-corrected chi connectivity index (χ4v) is 2.51. The fraction of sp³-hybridized carbons (Fsp3) is 0.529. The van der Waals surface area contributed by atoms with Crippen molar-refractivity contribution in [3.05, 3.63) is 23.0 Å². The largest absolute Gasteiger partial charge is 0.463 e. The van der Waals surface area contributed by atoms with E-state index in [9.17, 15) is 19.2 Å². The van der Waals surface area contributed by atoms with Gasteiger partial charge in [-0.25, -0.2) is 9.97 Å². The molecular weight excluding hydrogens is 388 g/mol. The fourth-order valence-electron chi connectivity index (χ4n) is 2.51. The van der Waals surface area contributed by atoms with Crippen LogP contribution in [-0.2, 0) is 33.3 Å². The highest BCUT2D eigenvalue weighted by Gasteiger charge is 2.30. The van der Waals surface area contributed by atoms with E-state index in [0.29, 0.717) is 0 Å². The Balaban J connectivity index is 2.27. The number of carbonyl (C=O) groups excluding carboxylic acids is 3. The van der Waals surface area contributed by atoms with E-state index in [0.717, 1.165) is 0 Å². The summed E-state index contributed by atoms with van der Waals surface area (Å²) in [6.45, 7) is 4.69. The molecule has 0 saturated heterocycles. The minimum atomic E-state index is -1.04. The van der Waals surface area contributed by atoms with Crippen molar-refractivity contribution >= 4 is 29.1 Å². The summed E-state index contributed by atoms with van der Waals surface area (Å²) in [5.41, 5.74) is -0.0162. The highest BCUT2D eigenvalue weighted by Crippen LogP contribution is 2.19. The van der Waals surface area contributed by atoms with Crippen LogP contribution in [0, 0.1) is 0 Å². The molecule has 2 aromatic rings. The first-order valence-electron chi connectivity index (χ1n) is 8.68. The quantitative estimate of drug-likeness (QED) is 0.444. The van der Waals surface area contributed by atoms with Crippen LogP contribution in [0.1, 0.15) is 33.9 Å². The average molecular weight is 410 g/mol. The van der Waals surface area contributed by atoms with E-state index in [4.69, 9.17) is 18.9 Å². The summed E-state index contributed by atoms with van der Waals surface area (Å²) in [6, 6.07) is 0. The van der Waals surface area contributed by atoms with E-state index < -0.39 is 41.9 Å². The zero-order valence-electron chi connectivity index (χ0n) is 16.4. The molecule has 12 heteroatoms. The SMILES string of the molecule is CC(=O)OCC(OC(C)=O)[C@@H](COC(C)=O)OC(C)n1cnc2c(=O)[nH]cnc21. The van der Waals surface area contributed by atoms with Crippen molar-refractivity contribution in [1.29, 1.82) is 0 Å². The number of hydrogen-bond donors (Lipinski definition) is 1. The number of H-pyrrole nitrogens is 1. The van der Waals surface area contributed by atoms with E-state index in [2.05, 4.69) is 15.0 Å². The Morgan fingerprint density at radius 3 is 2.24 bits per heavy atom. The van der Waals surface area contributed by atoms with Crippen LogP contribution in [0.4, 0.5) is 0 Å². The highest BCUT2D eigenvalue weighted by atomic mass is 16.6. The van der Waals surface area contributed by atoms with E-state index in [1.54, 1.807) is 6.92 Å². The van der Waals surface area contributed by atoms with Gasteiger partial charge in [0.1, 0.15) is 25.5 Å². The van der Waals surface area contributed by atoms with Gasteiger partial charge in [0.15, 0.2) is 17.3 Å². The lowest BCUT2D eigenvalue weighted by molar-refractivity contribution is -0.182. The number of rotatable bonds is 9. The first-order valence-corrected chi connectivity index (χ1v) is 8.68. The third-order valence-corrected chi connectivity index (χ3v) is 3.76. The molecule has 0 aliphatic rings. The molecule has 2 aromatic heterocycles. The van der Waals surface area contributed by atoms with E-state index >= 15 is 0 Å². The summed E-state index contributed by atoms with van der Waals surface area (Å²) in [4.78, 5) is 56.2. The van der Waals surface area contributed by atoms with Crippen molar-refractivity contribution in [2.75, 3.05) is 13.2 Å². The molecular formula is C17H22N4O8. The Morgan fingerprint density at radius 1 is 1.03 bits per heavy atom. The maximum absolute atomic E-state index is 11.8. The van der Waals surface area contributed by atoms with Crippen LogP contribution in [0.25, 0.3) is 11.2 Å². The lowest BCUT2D eigenvalue weighted by atomic mass is 10.2. The van der Waals surface area contributed by atoms with Crippen LogP contribution < -0.4 is 5.56 Å². The number of aromatic amines is 1. The molecule has 158 valence electrons. The molecule has 3 atom stereocenters.